The molecule has 1 rings (SSSR count). The van der Waals surface area contributed by atoms with E-state index in [-0.39, 0.29) is 6.04 Å². The van der Waals surface area contributed by atoms with Crippen LogP contribution in [0.1, 0.15) is 46.0 Å². The predicted molar refractivity (Wildman–Crippen MR) is 57.9 cm³/mol. The van der Waals surface area contributed by atoms with Crippen molar-refractivity contribution in [3.05, 3.63) is 0 Å². The molecular formula is C11H22N2O. The van der Waals surface area contributed by atoms with Crippen LogP contribution in [-0.2, 0) is 4.79 Å². The molecule has 0 saturated carbocycles. The van der Waals surface area contributed by atoms with Crippen LogP contribution < -0.4 is 5.32 Å². The van der Waals surface area contributed by atoms with Crippen molar-refractivity contribution in [3.63, 3.8) is 0 Å². The van der Waals surface area contributed by atoms with Gasteiger partial charge in [0.2, 0.25) is 5.91 Å². The Hall–Kier alpha value is -0.570. The molecule has 1 saturated heterocycles. The van der Waals surface area contributed by atoms with Crippen LogP contribution in [0.4, 0.5) is 0 Å². The van der Waals surface area contributed by atoms with Crippen LogP contribution in [0.25, 0.3) is 0 Å². The first kappa shape index (κ1) is 11.5. The van der Waals surface area contributed by atoms with Crippen molar-refractivity contribution >= 4 is 5.91 Å². The molecule has 0 aromatic carbocycles. The summed E-state index contributed by atoms with van der Waals surface area (Å²) < 4.78 is 0. The van der Waals surface area contributed by atoms with E-state index in [2.05, 4.69) is 19.2 Å². The minimum absolute atomic E-state index is 0.104. The Labute approximate surface area is 86.9 Å². The summed E-state index contributed by atoms with van der Waals surface area (Å²) in [5.74, 6) is 0.312. The second-order valence-corrected chi connectivity index (χ2v) is 4.01. The Morgan fingerprint density at radius 3 is 2.71 bits per heavy atom. The van der Waals surface area contributed by atoms with E-state index >= 15 is 0 Å². The number of nitrogens with zero attached hydrogens (tertiary/aromatic N) is 1. The molecular weight excluding hydrogens is 176 g/mol. The van der Waals surface area contributed by atoms with Crippen molar-refractivity contribution < 1.29 is 4.79 Å². The largest absolute Gasteiger partial charge is 0.329 e. The topological polar surface area (TPSA) is 32.3 Å². The van der Waals surface area contributed by atoms with E-state index in [1.807, 2.05) is 4.90 Å². The molecule has 1 aliphatic heterocycles. The third-order valence-corrected chi connectivity index (χ3v) is 2.77. The van der Waals surface area contributed by atoms with Gasteiger partial charge in [-0.05, 0) is 12.8 Å². The summed E-state index contributed by atoms with van der Waals surface area (Å²) in [5, 5.41) is 3.28. The van der Waals surface area contributed by atoms with Gasteiger partial charge in [0.05, 0.1) is 12.7 Å². The Morgan fingerprint density at radius 2 is 2.07 bits per heavy atom. The van der Waals surface area contributed by atoms with Crippen LogP contribution in [0.3, 0.4) is 0 Å². The molecule has 1 fully saturated rings. The lowest BCUT2D eigenvalue weighted by molar-refractivity contribution is -0.129. The molecule has 1 unspecified atom stereocenters. The molecule has 1 N–H and O–H groups in total. The maximum absolute atomic E-state index is 11.8. The van der Waals surface area contributed by atoms with E-state index in [0.717, 1.165) is 38.9 Å². The van der Waals surface area contributed by atoms with Gasteiger partial charge in [0.25, 0.3) is 0 Å². The molecule has 3 heteroatoms. The zero-order chi connectivity index (χ0) is 10.4. The van der Waals surface area contributed by atoms with Gasteiger partial charge < -0.3 is 4.90 Å². The van der Waals surface area contributed by atoms with Crippen LogP contribution in [0.5, 0.6) is 0 Å². The fraction of sp³-hybridized carbons (Fsp3) is 0.909. The second-order valence-electron chi connectivity index (χ2n) is 4.01. The number of nitrogens with one attached hydrogen (secondary N) is 1. The standard InChI is InChI=1S/C11H22N2O/c1-3-5-7-10-11(14)13(9-12-10)8-6-4-2/h10,12H,3-9H2,1-2H3. The number of rotatable bonds is 6. The average molecular weight is 198 g/mol. The van der Waals surface area contributed by atoms with Crippen LogP contribution >= 0.6 is 0 Å². The molecule has 0 aromatic rings. The summed E-state index contributed by atoms with van der Waals surface area (Å²) >= 11 is 0. The molecule has 0 aromatic heterocycles. The molecule has 14 heavy (non-hydrogen) atoms. The second kappa shape index (κ2) is 6.02. The molecule has 0 aliphatic carbocycles. The van der Waals surface area contributed by atoms with Crippen LogP contribution in [0.2, 0.25) is 0 Å². The maximum Gasteiger partial charge on any atom is 0.240 e. The summed E-state index contributed by atoms with van der Waals surface area (Å²) in [6.07, 6.45) is 5.58. The van der Waals surface area contributed by atoms with E-state index in [0.29, 0.717) is 5.91 Å². The summed E-state index contributed by atoms with van der Waals surface area (Å²) in [5.41, 5.74) is 0. The van der Waals surface area contributed by atoms with Crippen molar-refractivity contribution in [1.82, 2.24) is 10.2 Å². The number of carbonyl (C=O) groups is 1. The van der Waals surface area contributed by atoms with Gasteiger partial charge in [-0.2, -0.15) is 0 Å². The van der Waals surface area contributed by atoms with Crippen molar-refractivity contribution in [2.45, 2.75) is 52.0 Å². The van der Waals surface area contributed by atoms with Gasteiger partial charge in [-0.3, -0.25) is 10.1 Å². The number of hydrogen-bond donors (Lipinski definition) is 1. The highest BCUT2D eigenvalue weighted by Crippen LogP contribution is 2.10. The zero-order valence-electron chi connectivity index (χ0n) is 9.38. The number of carbonyl (C=O) groups excluding carboxylic acids is 1. The first-order valence-electron chi connectivity index (χ1n) is 5.81. The van der Waals surface area contributed by atoms with Crippen LogP contribution in [0.15, 0.2) is 0 Å². The summed E-state index contributed by atoms with van der Waals surface area (Å²) in [4.78, 5) is 13.7. The van der Waals surface area contributed by atoms with E-state index < -0.39 is 0 Å². The number of amides is 1. The third-order valence-electron chi connectivity index (χ3n) is 2.77. The molecule has 3 nitrogen and oxygen atoms in total. The van der Waals surface area contributed by atoms with E-state index in [9.17, 15) is 4.79 Å². The molecule has 0 radical (unpaired) electrons. The number of unbranched alkanes of at least 4 members (excludes halogenated alkanes) is 2. The highest BCUT2D eigenvalue weighted by atomic mass is 16.2. The normalized spacial score (nSPS) is 22.0. The first-order valence-corrected chi connectivity index (χ1v) is 5.81. The van der Waals surface area contributed by atoms with Gasteiger partial charge in [-0.25, -0.2) is 0 Å². The number of hydrogen-bond acceptors (Lipinski definition) is 2. The highest BCUT2D eigenvalue weighted by molar-refractivity contribution is 5.83. The van der Waals surface area contributed by atoms with Gasteiger partial charge in [0, 0.05) is 6.54 Å². The summed E-state index contributed by atoms with van der Waals surface area (Å²) in [7, 11) is 0. The molecule has 82 valence electrons. The van der Waals surface area contributed by atoms with Crippen molar-refractivity contribution in [2.24, 2.45) is 0 Å². The van der Waals surface area contributed by atoms with Gasteiger partial charge in [-0.1, -0.05) is 33.1 Å². The predicted octanol–water partition coefficient (Wildman–Crippen LogP) is 1.73. The van der Waals surface area contributed by atoms with Gasteiger partial charge in [0.1, 0.15) is 0 Å². The van der Waals surface area contributed by atoms with Crippen molar-refractivity contribution in [1.29, 1.82) is 0 Å². The molecule has 1 aliphatic rings. The zero-order valence-corrected chi connectivity index (χ0v) is 9.38. The van der Waals surface area contributed by atoms with Crippen molar-refractivity contribution in [2.75, 3.05) is 13.2 Å². The van der Waals surface area contributed by atoms with Crippen LogP contribution in [0, 0.1) is 0 Å². The van der Waals surface area contributed by atoms with Gasteiger partial charge in [0.15, 0.2) is 0 Å². The maximum atomic E-state index is 11.8. The fourth-order valence-electron chi connectivity index (χ4n) is 1.78. The first-order chi connectivity index (χ1) is 6.79. The minimum atomic E-state index is 0.104. The average Bonchev–Trinajstić information content (AvgIpc) is 2.54. The van der Waals surface area contributed by atoms with Crippen LogP contribution in [-0.4, -0.2) is 30.1 Å². The van der Waals surface area contributed by atoms with Crippen molar-refractivity contribution in [3.8, 4) is 0 Å². The monoisotopic (exact) mass is 198 g/mol. The summed E-state index contributed by atoms with van der Waals surface area (Å²) in [6, 6.07) is 0.104. The van der Waals surface area contributed by atoms with E-state index in [1.165, 1.54) is 6.42 Å². The summed E-state index contributed by atoms with van der Waals surface area (Å²) in [6.45, 7) is 6.00. The Kier molecular flexibility index (Phi) is 4.94. The Morgan fingerprint density at radius 1 is 1.36 bits per heavy atom. The third kappa shape index (κ3) is 2.98. The molecule has 0 spiro atoms. The lowest BCUT2D eigenvalue weighted by Crippen LogP contribution is -2.31. The van der Waals surface area contributed by atoms with E-state index in [1.54, 1.807) is 0 Å². The van der Waals surface area contributed by atoms with Gasteiger partial charge >= 0.3 is 0 Å². The fourth-order valence-corrected chi connectivity index (χ4v) is 1.78. The lowest BCUT2D eigenvalue weighted by Gasteiger charge is -2.14. The Bertz CT molecular complexity index is 164. The van der Waals surface area contributed by atoms with E-state index in [4.69, 9.17) is 0 Å². The SMILES string of the molecule is CCCCC1NCN(CCCC)C1=O. The lowest BCUT2D eigenvalue weighted by atomic mass is 10.1. The molecule has 0 bridgehead atoms. The van der Waals surface area contributed by atoms with Gasteiger partial charge in [-0.15, -0.1) is 0 Å². The molecule has 1 amide bonds. The quantitative estimate of drug-likeness (QED) is 0.705. The molecule has 1 heterocycles. The minimum Gasteiger partial charge on any atom is -0.329 e. The Balaban J connectivity index is 2.28. The smallest absolute Gasteiger partial charge is 0.240 e. The highest BCUT2D eigenvalue weighted by Gasteiger charge is 2.29. The molecule has 1 atom stereocenters.